The van der Waals surface area contributed by atoms with E-state index < -0.39 is 11.7 Å². The third-order valence-electron chi connectivity index (χ3n) is 1.48. The molecule has 0 amide bonds. The van der Waals surface area contributed by atoms with Gasteiger partial charge in [-0.2, -0.15) is 13.2 Å². The monoisotopic (exact) mass is 226 g/mol. The molecular formula is C8H6ClF3S. The standard InChI is InChI=1S/C8H6ClF3S/c9-13-5-6-2-1-3-7(4-6)8(10,11)12/h1-4H,5H2. The van der Waals surface area contributed by atoms with Crippen molar-refractivity contribution in [2.24, 2.45) is 0 Å². The molecule has 0 bridgehead atoms. The molecule has 1 aromatic rings. The predicted octanol–water partition coefficient (Wildman–Crippen LogP) is 4.09. The van der Waals surface area contributed by atoms with Crippen LogP contribution in [0.2, 0.25) is 0 Å². The minimum Gasteiger partial charge on any atom is -0.166 e. The summed E-state index contributed by atoms with van der Waals surface area (Å²) in [6, 6.07) is 5.15. The van der Waals surface area contributed by atoms with Gasteiger partial charge in [0.1, 0.15) is 0 Å². The Labute approximate surface area is 82.6 Å². The van der Waals surface area contributed by atoms with Crippen molar-refractivity contribution < 1.29 is 13.2 Å². The number of rotatable bonds is 2. The third kappa shape index (κ3) is 3.12. The maximum atomic E-state index is 12.2. The number of alkyl halides is 3. The van der Waals surface area contributed by atoms with Gasteiger partial charge in [-0.05, 0) is 22.3 Å². The van der Waals surface area contributed by atoms with Crippen LogP contribution in [0.1, 0.15) is 11.1 Å². The van der Waals surface area contributed by atoms with Gasteiger partial charge in [0.2, 0.25) is 0 Å². The molecule has 0 fully saturated rings. The Morgan fingerprint density at radius 2 is 2.00 bits per heavy atom. The summed E-state index contributed by atoms with van der Waals surface area (Å²) in [6.07, 6.45) is -4.27. The van der Waals surface area contributed by atoms with E-state index in [0.717, 1.165) is 23.1 Å². The van der Waals surface area contributed by atoms with E-state index >= 15 is 0 Å². The van der Waals surface area contributed by atoms with Crippen molar-refractivity contribution in [2.75, 3.05) is 0 Å². The number of hydrogen-bond acceptors (Lipinski definition) is 1. The second-order valence-corrected chi connectivity index (χ2v) is 3.61. The van der Waals surface area contributed by atoms with Gasteiger partial charge < -0.3 is 0 Å². The average Bonchev–Trinajstić information content (AvgIpc) is 2.04. The van der Waals surface area contributed by atoms with Crippen LogP contribution in [0.5, 0.6) is 0 Å². The minimum atomic E-state index is -4.27. The molecule has 0 N–H and O–H groups in total. The fourth-order valence-electron chi connectivity index (χ4n) is 0.900. The Kier molecular flexibility index (Phi) is 3.50. The summed E-state index contributed by atoms with van der Waals surface area (Å²) in [4.78, 5) is 0. The fraction of sp³-hybridized carbons (Fsp3) is 0.250. The largest absolute Gasteiger partial charge is 0.416 e. The Bertz CT molecular complexity index is 285. The van der Waals surface area contributed by atoms with Crippen molar-refractivity contribution >= 4 is 21.7 Å². The summed E-state index contributed by atoms with van der Waals surface area (Å²) in [7, 11) is 6.32. The first-order valence-corrected chi connectivity index (χ1v) is 5.25. The molecule has 0 atom stereocenters. The molecule has 13 heavy (non-hydrogen) atoms. The summed E-state index contributed by atoms with van der Waals surface area (Å²) in [5, 5.41) is 0. The number of benzene rings is 1. The first-order valence-electron chi connectivity index (χ1n) is 3.43. The lowest BCUT2D eigenvalue weighted by Crippen LogP contribution is -2.04. The van der Waals surface area contributed by atoms with Crippen LogP contribution in [0.25, 0.3) is 0 Å². The van der Waals surface area contributed by atoms with Gasteiger partial charge in [-0.25, -0.2) is 0 Å². The van der Waals surface area contributed by atoms with Crippen LogP contribution in [-0.4, -0.2) is 0 Å². The second kappa shape index (κ2) is 4.24. The van der Waals surface area contributed by atoms with Crippen LogP contribution in [0.3, 0.4) is 0 Å². The quantitative estimate of drug-likeness (QED) is 0.732. The molecule has 0 heterocycles. The molecule has 72 valence electrons. The van der Waals surface area contributed by atoms with E-state index in [1.54, 1.807) is 6.07 Å². The lowest BCUT2D eigenvalue weighted by atomic mass is 10.1. The van der Waals surface area contributed by atoms with E-state index in [2.05, 4.69) is 0 Å². The molecule has 5 heteroatoms. The fourth-order valence-corrected chi connectivity index (χ4v) is 1.58. The van der Waals surface area contributed by atoms with E-state index in [1.807, 2.05) is 0 Å². The van der Waals surface area contributed by atoms with Crippen LogP contribution in [0.4, 0.5) is 13.2 Å². The molecule has 0 saturated carbocycles. The number of hydrogen-bond donors (Lipinski definition) is 0. The van der Waals surface area contributed by atoms with Gasteiger partial charge in [-0.15, -0.1) is 0 Å². The summed E-state index contributed by atoms with van der Waals surface area (Å²) >= 11 is 0. The van der Waals surface area contributed by atoms with Gasteiger partial charge in [0.15, 0.2) is 0 Å². The third-order valence-corrected chi connectivity index (χ3v) is 2.25. The smallest absolute Gasteiger partial charge is 0.166 e. The van der Waals surface area contributed by atoms with Crippen LogP contribution < -0.4 is 0 Å². The van der Waals surface area contributed by atoms with Crippen molar-refractivity contribution in [1.29, 1.82) is 0 Å². The zero-order chi connectivity index (χ0) is 9.90. The van der Waals surface area contributed by atoms with E-state index in [-0.39, 0.29) is 0 Å². The van der Waals surface area contributed by atoms with Crippen LogP contribution in [-0.2, 0) is 11.9 Å². The molecule has 1 rings (SSSR count). The number of halogens is 4. The van der Waals surface area contributed by atoms with Crippen LogP contribution >= 0.6 is 21.7 Å². The minimum absolute atomic E-state index is 0.380. The van der Waals surface area contributed by atoms with Gasteiger partial charge in [0.25, 0.3) is 0 Å². The summed E-state index contributed by atoms with van der Waals surface area (Å²) < 4.78 is 36.5. The highest BCUT2D eigenvalue weighted by molar-refractivity contribution is 8.20. The maximum absolute atomic E-state index is 12.2. The Hall–Kier alpha value is -0.350. The van der Waals surface area contributed by atoms with E-state index in [1.165, 1.54) is 6.07 Å². The molecule has 0 radical (unpaired) electrons. The molecule has 0 aromatic heterocycles. The Balaban J connectivity index is 2.92. The van der Waals surface area contributed by atoms with Gasteiger partial charge in [-0.3, -0.25) is 0 Å². The topological polar surface area (TPSA) is 0 Å². The Morgan fingerprint density at radius 3 is 2.54 bits per heavy atom. The lowest BCUT2D eigenvalue weighted by Gasteiger charge is -2.07. The summed E-state index contributed by atoms with van der Waals surface area (Å²) in [5.41, 5.74) is -0.0504. The van der Waals surface area contributed by atoms with Gasteiger partial charge in [0.05, 0.1) is 5.56 Å². The molecule has 0 aliphatic rings. The Morgan fingerprint density at radius 1 is 1.31 bits per heavy atom. The van der Waals surface area contributed by atoms with Crippen molar-refractivity contribution in [2.45, 2.75) is 11.9 Å². The molecule has 0 aliphatic heterocycles. The molecule has 0 saturated heterocycles. The summed E-state index contributed by atoms with van der Waals surface area (Å²) in [6.45, 7) is 0. The summed E-state index contributed by atoms with van der Waals surface area (Å²) in [5.74, 6) is 0.380. The molecule has 1 aromatic carbocycles. The highest BCUT2D eigenvalue weighted by Gasteiger charge is 2.30. The average molecular weight is 227 g/mol. The van der Waals surface area contributed by atoms with Crippen molar-refractivity contribution in [1.82, 2.24) is 0 Å². The van der Waals surface area contributed by atoms with E-state index in [4.69, 9.17) is 10.7 Å². The molecule has 0 nitrogen and oxygen atoms in total. The van der Waals surface area contributed by atoms with E-state index in [9.17, 15) is 13.2 Å². The van der Waals surface area contributed by atoms with E-state index in [0.29, 0.717) is 11.3 Å². The molecular weight excluding hydrogens is 221 g/mol. The van der Waals surface area contributed by atoms with Crippen molar-refractivity contribution in [3.63, 3.8) is 0 Å². The SMILES string of the molecule is FC(F)(F)c1cccc(CSCl)c1. The predicted molar refractivity (Wildman–Crippen MR) is 48.6 cm³/mol. The first kappa shape index (κ1) is 10.7. The highest BCUT2D eigenvalue weighted by atomic mass is 35.7. The maximum Gasteiger partial charge on any atom is 0.416 e. The normalized spacial score (nSPS) is 11.7. The zero-order valence-electron chi connectivity index (χ0n) is 6.44. The lowest BCUT2D eigenvalue weighted by molar-refractivity contribution is -0.137. The van der Waals surface area contributed by atoms with Gasteiger partial charge >= 0.3 is 6.18 Å². The molecule has 0 spiro atoms. The van der Waals surface area contributed by atoms with Crippen LogP contribution in [0, 0.1) is 0 Å². The molecule has 0 aliphatic carbocycles. The first-order chi connectivity index (χ1) is 6.04. The second-order valence-electron chi connectivity index (χ2n) is 2.45. The van der Waals surface area contributed by atoms with Gasteiger partial charge in [-0.1, -0.05) is 29.2 Å². The van der Waals surface area contributed by atoms with Crippen molar-refractivity contribution in [3.05, 3.63) is 35.4 Å². The van der Waals surface area contributed by atoms with Gasteiger partial charge in [0, 0.05) is 5.75 Å². The molecule has 0 unspecified atom stereocenters. The highest BCUT2D eigenvalue weighted by Crippen LogP contribution is 2.30. The zero-order valence-corrected chi connectivity index (χ0v) is 8.01. The van der Waals surface area contributed by atoms with Crippen molar-refractivity contribution in [3.8, 4) is 0 Å². The van der Waals surface area contributed by atoms with Crippen LogP contribution in [0.15, 0.2) is 24.3 Å².